The molecular weight excluding hydrogens is 316 g/mol. The van der Waals surface area contributed by atoms with E-state index in [1.165, 1.54) is 0 Å². The summed E-state index contributed by atoms with van der Waals surface area (Å²) in [5, 5.41) is 16.1. The average Bonchev–Trinajstić information content (AvgIpc) is 3.04. The Morgan fingerprint density at radius 2 is 1.92 bits per heavy atom. The molecule has 0 fully saturated rings. The molecule has 6 nitrogen and oxygen atoms in total. The molecule has 1 amide bonds. The lowest BCUT2D eigenvalue weighted by molar-refractivity contribution is 0.102. The molecule has 0 saturated carbocycles. The molecule has 0 unspecified atom stereocenters. The van der Waals surface area contributed by atoms with E-state index in [9.17, 15) is 4.79 Å². The van der Waals surface area contributed by atoms with Gasteiger partial charge in [0.2, 0.25) is 0 Å². The van der Waals surface area contributed by atoms with Crippen LogP contribution in [0.15, 0.2) is 54.6 Å². The van der Waals surface area contributed by atoms with Crippen molar-refractivity contribution < 1.29 is 9.53 Å². The summed E-state index contributed by atoms with van der Waals surface area (Å²) in [6, 6.07) is 18.1. The molecule has 0 aliphatic carbocycles. The highest BCUT2D eigenvalue weighted by atomic mass is 16.5. The number of hydrogen-bond acceptors (Lipinski definition) is 4. The van der Waals surface area contributed by atoms with E-state index in [0.29, 0.717) is 11.3 Å². The van der Waals surface area contributed by atoms with Gasteiger partial charge in [-0.1, -0.05) is 12.1 Å². The summed E-state index contributed by atoms with van der Waals surface area (Å²) in [4.78, 5) is 12.5. The zero-order valence-electron chi connectivity index (χ0n) is 13.9. The zero-order valence-corrected chi connectivity index (χ0v) is 13.9. The van der Waals surface area contributed by atoms with Crippen LogP contribution in [0.5, 0.6) is 5.75 Å². The predicted octanol–water partition coefficient (Wildman–Crippen LogP) is 3.22. The minimum atomic E-state index is -0.363. The van der Waals surface area contributed by atoms with Gasteiger partial charge >= 0.3 is 0 Å². The molecule has 1 aromatic heterocycles. The van der Waals surface area contributed by atoms with E-state index in [-0.39, 0.29) is 11.6 Å². The van der Waals surface area contributed by atoms with Crippen molar-refractivity contribution in [3.05, 3.63) is 65.9 Å². The molecule has 3 rings (SSSR count). The van der Waals surface area contributed by atoms with Gasteiger partial charge in [0.25, 0.3) is 5.91 Å². The number of nitriles is 1. The number of amides is 1. The summed E-state index contributed by atoms with van der Waals surface area (Å²) in [6.45, 7) is 0. The number of nitrogens with zero attached hydrogens (tertiary/aromatic N) is 3. The number of aryl methyl sites for hydroxylation is 1. The average molecular weight is 332 g/mol. The Bertz CT molecular complexity index is 952. The number of rotatable bonds is 4. The van der Waals surface area contributed by atoms with Crippen molar-refractivity contribution in [3.8, 4) is 23.1 Å². The smallest absolute Gasteiger partial charge is 0.276 e. The summed E-state index contributed by atoms with van der Waals surface area (Å²) in [5.41, 5.74) is 2.88. The van der Waals surface area contributed by atoms with Crippen LogP contribution in [0.4, 0.5) is 5.69 Å². The van der Waals surface area contributed by atoms with Gasteiger partial charge in [-0.05, 0) is 42.5 Å². The van der Waals surface area contributed by atoms with Crippen LogP contribution in [-0.4, -0.2) is 22.8 Å². The van der Waals surface area contributed by atoms with Gasteiger partial charge < -0.3 is 10.1 Å². The van der Waals surface area contributed by atoms with Gasteiger partial charge in [-0.25, -0.2) is 0 Å². The van der Waals surface area contributed by atoms with E-state index in [2.05, 4.69) is 16.5 Å². The van der Waals surface area contributed by atoms with E-state index in [1.807, 2.05) is 24.3 Å². The largest absolute Gasteiger partial charge is 0.497 e. The Balaban J connectivity index is 1.86. The molecule has 0 bridgehead atoms. The van der Waals surface area contributed by atoms with Crippen molar-refractivity contribution >= 4 is 11.6 Å². The standard InChI is InChI=1S/C19H16N4O2/c1-23-18(13-7-9-15(25-2)10-8-13)11-17(22-23)19(24)21-16-6-4-3-5-14(16)12-20/h3-11H,1-2H3,(H,21,24). The number of methoxy groups -OCH3 is 1. The Morgan fingerprint density at radius 1 is 1.20 bits per heavy atom. The van der Waals surface area contributed by atoms with E-state index >= 15 is 0 Å². The topological polar surface area (TPSA) is 79.9 Å². The first-order valence-electron chi connectivity index (χ1n) is 7.61. The lowest BCUT2D eigenvalue weighted by Crippen LogP contribution is -2.13. The maximum Gasteiger partial charge on any atom is 0.276 e. The third-order valence-electron chi connectivity index (χ3n) is 3.79. The molecule has 0 atom stereocenters. The number of para-hydroxylation sites is 1. The maximum absolute atomic E-state index is 12.5. The van der Waals surface area contributed by atoms with E-state index < -0.39 is 0 Å². The Labute approximate surface area is 145 Å². The number of ether oxygens (including phenoxy) is 1. The van der Waals surface area contributed by atoms with Gasteiger partial charge in [0, 0.05) is 12.6 Å². The number of aromatic nitrogens is 2. The molecule has 1 N–H and O–H groups in total. The zero-order chi connectivity index (χ0) is 17.8. The minimum absolute atomic E-state index is 0.279. The second-order valence-electron chi connectivity index (χ2n) is 5.38. The molecule has 0 aliphatic rings. The van der Waals surface area contributed by atoms with E-state index in [0.717, 1.165) is 17.0 Å². The quantitative estimate of drug-likeness (QED) is 0.795. The molecule has 6 heteroatoms. The highest BCUT2D eigenvalue weighted by Crippen LogP contribution is 2.23. The van der Waals surface area contributed by atoms with Crippen molar-refractivity contribution in [2.45, 2.75) is 0 Å². The fourth-order valence-corrected chi connectivity index (χ4v) is 2.49. The summed E-state index contributed by atoms with van der Waals surface area (Å²) in [5.74, 6) is 0.398. The fourth-order valence-electron chi connectivity index (χ4n) is 2.49. The SMILES string of the molecule is COc1ccc(-c2cc(C(=O)Nc3ccccc3C#N)nn2C)cc1. The Kier molecular flexibility index (Phi) is 4.48. The monoisotopic (exact) mass is 332 g/mol. The van der Waals surface area contributed by atoms with Crippen LogP contribution >= 0.6 is 0 Å². The second kappa shape index (κ2) is 6.89. The molecule has 1 heterocycles. The van der Waals surface area contributed by atoms with Gasteiger partial charge in [0.05, 0.1) is 24.1 Å². The van der Waals surface area contributed by atoms with Gasteiger partial charge in [-0.3, -0.25) is 9.48 Å². The Hall–Kier alpha value is -3.59. The van der Waals surface area contributed by atoms with Gasteiger partial charge in [-0.2, -0.15) is 10.4 Å². The third kappa shape index (κ3) is 3.35. The first-order chi connectivity index (χ1) is 12.1. The van der Waals surface area contributed by atoms with Crippen molar-refractivity contribution in [3.63, 3.8) is 0 Å². The van der Waals surface area contributed by atoms with Gasteiger partial charge in [0.15, 0.2) is 5.69 Å². The van der Waals surface area contributed by atoms with E-state index in [1.54, 1.807) is 49.2 Å². The van der Waals surface area contributed by atoms with Crippen LogP contribution in [0, 0.1) is 11.3 Å². The lowest BCUT2D eigenvalue weighted by atomic mass is 10.1. The van der Waals surface area contributed by atoms with Crippen molar-refractivity contribution in [1.29, 1.82) is 5.26 Å². The minimum Gasteiger partial charge on any atom is -0.497 e. The molecule has 124 valence electrons. The molecule has 0 spiro atoms. The van der Waals surface area contributed by atoms with Crippen LogP contribution < -0.4 is 10.1 Å². The summed E-state index contributed by atoms with van der Waals surface area (Å²) >= 11 is 0. The fraction of sp³-hybridized carbons (Fsp3) is 0.105. The molecule has 25 heavy (non-hydrogen) atoms. The summed E-state index contributed by atoms with van der Waals surface area (Å²) in [6.07, 6.45) is 0. The molecule has 2 aromatic carbocycles. The van der Waals surface area contributed by atoms with Crippen LogP contribution in [-0.2, 0) is 7.05 Å². The van der Waals surface area contributed by atoms with Gasteiger partial charge in [0.1, 0.15) is 11.8 Å². The number of hydrogen-bond donors (Lipinski definition) is 1. The highest BCUT2D eigenvalue weighted by molar-refractivity contribution is 6.04. The molecule has 3 aromatic rings. The number of nitrogens with one attached hydrogen (secondary N) is 1. The highest BCUT2D eigenvalue weighted by Gasteiger charge is 2.15. The van der Waals surface area contributed by atoms with Gasteiger partial charge in [-0.15, -0.1) is 0 Å². The number of carbonyl (C=O) groups is 1. The van der Waals surface area contributed by atoms with Crippen molar-refractivity contribution in [2.24, 2.45) is 7.05 Å². The Morgan fingerprint density at radius 3 is 2.60 bits per heavy atom. The van der Waals surface area contributed by atoms with Crippen molar-refractivity contribution in [1.82, 2.24) is 9.78 Å². The predicted molar refractivity (Wildman–Crippen MR) is 94.3 cm³/mol. The summed E-state index contributed by atoms with van der Waals surface area (Å²) < 4.78 is 6.80. The van der Waals surface area contributed by atoms with Crippen LogP contribution in [0.2, 0.25) is 0 Å². The lowest BCUT2D eigenvalue weighted by Gasteiger charge is -2.04. The number of benzene rings is 2. The maximum atomic E-state index is 12.5. The molecule has 0 radical (unpaired) electrons. The van der Waals surface area contributed by atoms with Crippen LogP contribution in [0.25, 0.3) is 11.3 Å². The molecule has 0 aliphatic heterocycles. The summed E-state index contributed by atoms with van der Waals surface area (Å²) in [7, 11) is 3.39. The van der Waals surface area contributed by atoms with Crippen LogP contribution in [0.1, 0.15) is 16.1 Å². The number of carbonyl (C=O) groups excluding carboxylic acids is 1. The third-order valence-corrected chi connectivity index (χ3v) is 3.79. The number of anilines is 1. The van der Waals surface area contributed by atoms with Crippen molar-refractivity contribution in [2.75, 3.05) is 12.4 Å². The first-order valence-corrected chi connectivity index (χ1v) is 7.61. The molecule has 0 saturated heterocycles. The second-order valence-corrected chi connectivity index (χ2v) is 5.38. The normalized spacial score (nSPS) is 10.1. The van der Waals surface area contributed by atoms with Crippen LogP contribution in [0.3, 0.4) is 0 Å². The molecular formula is C19H16N4O2. The van der Waals surface area contributed by atoms with E-state index in [4.69, 9.17) is 10.00 Å². The first kappa shape index (κ1) is 16.3.